The number of rotatable bonds is 0. The number of nitrogens with two attached hydrogens (primary N) is 1. The van der Waals surface area contributed by atoms with Crippen LogP contribution < -0.4 is 11.3 Å². The van der Waals surface area contributed by atoms with Gasteiger partial charge in [-0.25, -0.2) is 0 Å². The Hall–Kier alpha value is -0.930. The quantitative estimate of drug-likeness (QED) is 0.217. The highest BCUT2D eigenvalue weighted by atomic mass is 15.1. The second kappa shape index (κ2) is 1.40. The molecule has 0 bridgehead atoms. The van der Waals surface area contributed by atoms with Crippen molar-refractivity contribution >= 4 is 5.96 Å². The van der Waals surface area contributed by atoms with Gasteiger partial charge in [-0.05, 0) is 5.53 Å². The highest BCUT2D eigenvalue weighted by molar-refractivity contribution is 5.74. The van der Waals surface area contributed by atoms with Crippen LogP contribution in [0.5, 0.6) is 0 Å². The van der Waals surface area contributed by atoms with Crippen molar-refractivity contribution in [2.75, 3.05) is 0 Å². The molecule has 0 aliphatic rings. The van der Waals surface area contributed by atoms with E-state index in [1.165, 1.54) is 0 Å². The van der Waals surface area contributed by atoms with Crippen LogP contribution >= 0.6 is 0 Å². The van der Waals surface area contributed by atoms with Gasteiger partial charge < -0.3 is 5.73 Å². The van der Waals surface area contributed by atoms with Gasteiger partial charge in [0.1, 0.15) is 0 Å². The van der Waals surface area contributed by atoms with Crippen molar-refractivity contribution in [2.24, 2.45) is 10.8 Å². The Morgan fingerprint density at radius 1 is 2.00 bits per heavy atom. The van der Waals surface area contributed by atoms with E-state index in [1.807, 2.05) is 0 Å². The smallest absolute Gasteiger partial charge is 0.234 e. The van der Waals surface area contributed by atoms with Gasteiger partial charge in [-0.3, -0.25) is 5.41 Å². The molecule has 4 nitrogen and oxygen atoms in total. The maximum Gasteiger partial charge on any atom is 0.234 e. The Labute approximate surface area is 29.0 Å². The fraction of sp³-hybridized carbons (Fsp3) is 0. The van der Waals surface area contributed by atoms with Crippen LogP contribution in [0.15, 0.2) is 5.11 Å². The largest absolute Gasteiger partial charge is 0.367 e. The van der Waals surface area contributed by atoms with Gasteiger partial charge in [0.15, 0.2) is 0 Å². The van der Waals surface area contributed by atoms with Gasteiger partial charge >= 0.3 is 0 Å². The summed E-state index contributed by atoms with van der Waals surface area (Å²) in [6.45, 7) is 0. The fourth-order valence-electron chi connectivity index (χ4n) is 0. The van der Waals surface area contributed by atoms with E-state index in [-0.39, 0.29) is 0 Å². The number of nitrogens with one attached hydrogen (secondary N) is 1. The molecule has 0 aromatic carbocycles. The summed E-state index contributed by atoms with van der Waals surface area (Å²) in [4.78, 5) is 0. The summed E-state index contributed by atoms with van der Waals surface area (Å²) in [7, 11) is 0. The van der Waals surface area contributed by atoms with Crippen LogP contribution in [0.1, 0.15) is 0 Å². The van der Waals surface area contributed by atoms with Gasteiger partial charge in [0.05, 0.1) is 0 Å². The molecule has 0 aromatic heterocycles. The molecular weight excluding hydrogens is 68.0 g/mol. The van der Waals surface area contributed by atoms with Crippen molar-refractivity contribution in [2.45, 2.75) is 0 Å². The third kappa shape index (κ3) is 3.07. The molecule has 0 aliphatic carbocycles. The van der Waals surface area contributed by atoms with Gasteiger partial charge in [-0.2, -0.15) is 0 Å². The lowest BCUT2D eigenvalue weighted by atomic mass is 11.1. The van der Waals surface area contributed by atoms with E-state index in [0.29, 0.717) is 0 Å². The topological polar surface area (TPSA) is 84.5 Å². The lowest BCUT2D eigenvalue weighted by molar-refractivity contribution is 1.27. The Bertz CT molecular complexity index is 54.7. The van der Waals surface area contributed by atoms with Crippen molar-refractivity contribution < 1.29 is 0 Å². The maximum atomic E-state index is 7.42. The number of guanidine groups is 1. The zero-order chi connectivity index (χ0) is 4.28. The first-order valence-electron chi connectivity index (χ1n) is 0.962. The minimum Gasteiger partial charge on any atom is -0.367 e. The minimum absolute atomic E-state index is 0.565. The Balaban J connectivity index is 3.20. The number of hydrogen-bond acceptors (Lipinski definition) is 1. The maximum absolute atomic E-state index is 7.42. The minimum atomic E-state index is -0.565. The number of hydrogen-bond donors (Lipinski definition) is 2. The highest BCUT2D eigenvalue weighted by Gasteiger charge is 1.67. The predicted molar refractivity (Wildman–Crippen MR) is 16.5 cm³/mol. The second-order valence-corrected chi connectivity index (χ2v) is 0.485. The summed E-state index contributed by atoms with van der Waals surface area (Å²) < 4.78 is 0. The molecule has 1 radical (unpaired) electrons. The van der Waals surface area contributed by atoms with Crippen LogP contribution in [-0.2, 0) is 0 Å². The Kier molecular flexibility index (Phi) is 1.14. The van der Waals surface area contributed by atoms with E-state index in [0.717, 1.165) is 0 Å². The van der Waals surface area contributed by atoms with Crippen molar-refractivity contribution in [3.8, 4) is 0 Å². The molecule has 0 atom stereocenters. The molecular formula is CH3N4. The molecule has 0 spiro atoms. The Morgan fingerprint density at radius 2 is 2.20 bits per heavy atom. The average Bonchev–Trinajstić information content (AvgIpc) is 1.38. The predicted octanol–water partition coefficient (Wildman–Crippen LogP) is -0.868. The molecule has 5 heavy (non-hydrogen) atoms. The van der Waals surface area contributed by atoms with E-state index in [1.54, 1.807) is 0 Å². The van der Waals surface area contributed by atoms with Crippen LogP contribution in [0.4, 0.5) is 0 Å². The van der Waals surface area contributed by atoms with Crippen LogP contribution in [0.25, 0.3) is 0 Å². The zero-order valence-corrected chi connectivity index (χ0v) is 2.47. The van der Waals surface area contributed by atoms with Gasteiger partial charge in [-0.15, -0.1) is 0 Å². The summed E-state index contributed by atoms with van der Waals surface area (Å²) in [5, 5.41) is 8.35. The molecule has 0 heterocycles. The summed E-state index contributed by atoms with van der Waals surface area (Å²) in [6.07, 6.45) is 0. The van der Waals surface area contributed by atoms with Crippen molar-refractivity contribution in [1.82, 2.24) is 5.53 Å². The monoisotopic (exact) mass is 71.0 g/mol. The third-order valence-electron chi connectivity index (χ3n) is 0.108. The molecule has 0 saturated carbocycles. The molecule has 0 rings (SSSR count). The highest BCUT2D eigenvalue weighted by Crippen LogP contribution is 1.47. The van der Waals surface area contributed by atoms with Crippen LogP contribution in [0.3, 0.4) is 0 Å². The normalized spacial score (nSPS) is 6.40. The SMILES string of the molecule is [N]=NC(=N)N. The van der Waals surface area contributed by atoms with Crippen LogP contribution in [-0.4, -0.2) is 5.96 Å². The Morgan fingerprint density at radius 3 is 2.20 bits per heavy atom. The molecule has 0 aliphatic heterocycles. The molecule has 4 heteroatoms. The van der Waals surface area contributed by atoms with E-state index in [9.17, 15) is 0 Å². The molecule has 27 valence electrons. The first-order valence-corrected chi connectivity index (χ1v) is 0.962. The van der Waals surface area contributed by atoms with E-state index in [2.05, 4.69) is 10.8 Å². The summed E-state index contributed by atoms with van der Waals surface area (Å²) in [5.41, 5.74) is 11.9. The molecule has 3 N–H and O–H groups in total. The van der Waals surface area contributed by atoms with Crippen molar-refractivity contribution in [3.05, 3.63) is 0 Å². The lowest BCUT2D eigenvalue weighted by Crippen LogP contribution is -2.03. The molecule has 0 unspecified atom stereocenters. The van der Waals surface area contributed by atoms with E-state index < -0.39 is 5.96 Å². The van der Waals surface area contributed by atoms with Gasteiger partial charge in [0.2, 0.25) is 5.96 Å². The fourth-order valence-corrected chi connectivity index (χ4v) is 0. The molecule has 0 fully saturated rings. The summed E-state index contributed by atoms with van der Waals surface area (Å²) in [5.74, 6) is -0.565. The second-order valence-electron chi connectivity index (χ2n) is 0.485. The molecule has 0 saturated heterocycles. The standard InChI is InChI=1S/CH3N4/c2-1(3)5-4/h(H3,2,3). The molecule has 0 aromatic rings. The van der Waals surface area contributed by atoms with E-state index >= 15 is 0 Å². The third-order valence-corrected chi connectivity index (χ3v) is 0.108. The first-order chi connectivity index (χ1) is 2.27. The van der Waals surface area contributed by atoms with Gasteiger partial charge in [0.25, 0.3) is 0 Å². The number of nitrogens with zero attached hydrogens (tertiary/aromatic N) is 2. The lowest BCUT2D eigenvalue weighted by Gasteiger charge is -1.67. The van der Waals surface area contributed by atoms with E-state index in [4.69, 9.17) is 10.9 Å². The van der Waals surface area contributed by atoms with Gasteiger partial charge in [0, 0.05) is 0 Å². The zero-order valence-electron chi connectivity index (χ0n) is 2.47. The van der Waals surface area contributed by atoms with Crippen molar-refractivity contribution in [1.29, 1.82) is 5.41 Å². The summed E-state index contributed by atoms with van der Waals surface area (Å²) in [6, 6.07) is 0. The molecule has 0 amide bonds. The van der Waals surface area contributed by atoms with Gasteiger partial charge in [-0.1, -0.05) is 5.11 Å². The first kappa shape index (κ1) is 4.07. The van der Waals surface area contributed by atoms with Crippen LogP contribution in [0, 0.1) is 5.41 Å². The average molecular weight is 71.1 g/mol. The van der Waals surface area contributed by atoms with Crippen molar-refractivity contribution in [3.63, 3.8) is 0 Å². The van der Waals surface area contributed by atoms with Crippen LogP contribution in [0.2, 0.25) is 0 Å². The summed E-state index contributed by atoms with van der Waals surface area (Å²) >= 11 is 0.